The van der Waals surface area contributed by atoms with Crippen molar-refractivity contribution >= 4 is 5.96 Å². The maximum absolute atomic E-state index is 4.34. The number of aliphatic imine (C=N–C) groups is 1. The molecule has 1 aromatic rings. The smallest absolute Gasteiger partial charge is 0.191 e. The zero-order valence-corrected chi connectivity index (χ0v) is 15.6. The van der Waals surface area contributed by atoms with Crippen molar-refractivity contribution in [3.8, 4) is 0 Å². The topological polar surface area (TPSA) is 52.6 Å². The summed E-state index contributed by atoms with van der Waals surface area (Å²) in [6.45, 7) is 11.0. The highest BCUT2D eigenvalue weighted by molar-refractivity contribution is 5.79. The second kappa shape index (κ2) is 9.62. The van der Waals surface area contributed by atoms with E-state index < -0.39 is 0 Å². The van der Waals surface area contributed by atoms with Crippen LogP contribution in [0.25, 0.3) is 0 Å². The van der Waals surface area contributed by atoms with Crippen LogP contribution in [0, 0.1) is 11.8 Å². The number of hydrogen-bond donors (Lipinski definition) is 2. The SMILES string of the molecule is CN=C(NCc1ccccn1)NCC(C(C)C)N1CCC(C)CC1. The molecule has 1 fully saturated rings. The van der Waals surface area contributed by atoms with Crippen LogP contribution in [0.4, 0.5) is 0 Å². The van der Waals surface area contributed by atoms with E-state index >= 15 is 0 Å². The average Bonchev–Trinajstić information content (AvgIpc) is 2.60. The molecule has 2 heterocycles. The first kappa shape index (κ1) is 18.7. The first-order valence-corrected chi connectivity index (χ1v) is 9.18. The molecule has 0 radical (unpaired) electrons. The molecule has 0 spiro atoms. The van der Waals surface area contributed by atoms with Gasteiger partial charge in [-0.15, -0.1) is 0 Å². The molecule has 0 aromatic carbocycles. The lowest BCUT2D eigenvalue weighted by atomic mass is 9.94. The summed E-state index contributed by atoms with van der Waals surface area (Å²) in [6, 6.07) is 6.51. The Balaban J connectivity index is 1.83. The minimum atomic E-state index is 0.547. The molecule has 1 unspecified atom stereocenters. The molecule has 1 aromatic heterocycles. The van der Waals surface area contributed by atoms with Gasteiger partial charge in [-0.1, -0.05) is 26.8 Å². The molecule has 1 aliphatic rings. The average molecular weight is 332 g/mol. The summed E-state index contributed by atoms with van der Waals surface area (Å²) in [7, 11) is 1.82. The van der Waals surface area contributed by atoms with Crippen LogP contribution in [0.1, 0.15) is 39.3 Å². The molecule has 0 bridgehead atoms. The summed E-state index contributed by atoms with van der Waals surface area (Å²) < 4.78 is 0. The molecule has 0 saturated carbocycles. The normalized spacial score (nSPS) is 18.6. The van der Waals surface area contributed by atoms with Crippen LogP contribution >= 0.6 is 0 Å². The van der Waals surface area contributed by atoms with Gasteiger partial charge in [0.2, 0.25) is 0 Å². The summed E-state index contributed by atoms with van der Waals surface area (Å²) in [5.41, 5.74) is 1.02. The Labute approximate surface area is 147 Å². The van der Waals surface area contributed by atoms with E-state index in [2.05, 4.69) is 46.3 Å². The van der Waals surface area contributed by atoms with Crippen molar-refractivity contribution in [2.24, 2.45) is 16.8 Å². The van der Waals surface area contributed by atoms with Gasteiger partial charge in [0.1, 0.15) is 0 Å². The van der Waals surface area contributed by atoms with Gasteiger partial charge in [-0.05, 0) is 49.9 Å². The minimum Gasteiger partial charge on any atom is -0.355 e. The fourth-order valence-corrected chi connectivity index (χ4v) is 3.25. The van der Waals surface area contributed by atoms with Crippen molar-refractivity contribution in [2.45, 2.75) is 46.2 Å². The van der Waals surface area contributed by atoms with E-state index in [0.717, 1.165) is 24.1 Å². The Morgan fingerprint density at radius 2 is 2.04 bits per heavy atom. The minimum absolute atomic E-state index is 0.547. The van der Waals surface area contributed by atoms with Crippen LogP contribution in [0.15, 0.2) is 29.4 Å². The first-order valence-electron chi connectivity index (χ1n) is 9.18. The van der Waals surface area contributed by atoms with Gasteiger partial charge < -0.3 is 10.6 Å². The van der Waals surface area contributed by atoms with Crippen LogP contribution < -0.4 is 10.6 Å². The molecule has 2 rings (SSSR count). The van der Waals surface area contributed by atoms with Crippen molar-refractivity contribution in [3.05, 3.63) is 30.1 Å². The third kappa shape index (κ3) is 5.78. The van der Waals surface area contributed by atoms with E-state index in [1.807, 2.05) is 31.4 Å². The van der Waals surface area contributed by atoms with Crippen molar-refractivity contribution in [1.82, 2.24) is 20.5 Å². The Morgan fingerprint density at radius 3 is 2.62 bits per heavy atom. The number of pyridine rings is 1. The molecular weight excluding hydrogens is 298 g/mol. The number of aromatic nitrogens is 1. The highest BCUT2D eigenvalue weighted by atomic mass is 15.2. The maximum atomic E-state index is 4.34. The summed E-state index contributed by atoms with van der Waals surface area (Å²) >= 11 is 0. The van der Waals surface area contributed by atoms with Crippen molar-refractivity contribution in [1.29, 1.82) is 0 Å². The van der Waals surface area contributed by atoms with Crippen LogP contribution in [0.5, 0.6) is 0 Å². The van der Waals surface area contributed by atoms with Crippen molar-refractivity contribution < 1.29 is 0 Å². The van der Waals surface area contributed by atoms with E-state index in [4.69, 9.17) is 0 Å². The van der Waals surface area contributed by atoms with Crippen LogP contribution in [-0.4, -0.2) is 48.6 Å². The van der Waals surface area contributed by atoms with E-state index in [-0.39, 0.29) is 0 Å². The summed E-state index contributed by atoms with van der Waals surface area (Å²) in [5, 5.41) is 6.85. The van der Waals surface area contributed by atoms with Gasteiger partial charge >= 0.3 is 0 Å². The lowest BCUT2D eigenvalue weighted by molar-refractivity contribution is 0.110. The fourth-order valence-electron chi connectivity index (χ4n) is 3.25. The van der Waals surface area contributed by atoms with Crippen molar-refractivity contribution in [3.63, 3.8) is 0 Å². The largest absolute Gasteiger partial charge is 0.355 e. The summed E-state index contributed by atoms with van der Waals surface area (Å²) in [5.74, 6) is 2.34. The number of likely N-dealkylation sites (tertiary alicyclic amines) is 1. The molecule has 0 amide bonds. The van der Waals surface area contributed by atoms with Crippen LogP contribution in [-0.2, 0) is 6.54 Å². The van der Waals surface area contributed by atoms with Gasteiger partial charge in [0.15, 0.2) is 5.96 Å². The predicted molar refractivity (Wildman–Crippen MR) is 101 cm³/mol. The number of piperidine rings is 1. The second-order valence-electron chi connectivity index (χ2n) is 7.16. The monoisotopic (exact) mass is 331 g/mol. The molecule has 5 nitrogen and oxygen atoms in total. The summed E-state index contributed by atoms with van der Waals surface area (Å²) in [4.78, 5) is 11.3. The summed E-state index contributed by atoms with van der Waals surface area (Å²) in [6.07, 6.45) is 4.45. The predicted octanol–water partition coefficient (Wildman–Crippen LogP) is 2.50. The molecule has 1 atom stereocenters. The Hall–Kier alpha value is -1.62. The molecule has 1 aliphatic heterocycles. The lowest BCUT2D eigenvalue weighted by Crippen LogP contribution is -2.51. The molecular formula is C19H33N5. The van der Waals surface area contributed by atoms with Gasteiger partial charge in [-0.3, -0.25) is 14.9 Å². The van der Waals surface area contributed by atoms with Gasteiger partial charge in [0.25, 0.3) is 0 Å². The zero-order valence-electron chi connectivity index (χ0n) is 15.6. The number of hydrogen-bond acceptors (Lipinski definition) is 3. The van der Waals surface area contributed by atoms with E-state index in [1.165, 1.54) is 25.9 Å². The third-order valence-corrected chi connectivity index (χ3v) is 4.92. The van der Waals surface area contributed by atoms with E-state index in [9.17, 15) is 0 Å². The van der Waals surface area contributed by atoms with E-state index in [0.29, 0.717) is 18.5 Å². The van der Waals surface area contributed by atoms with Crippen molar-refractivity contribution in [2.75, 3.05) is 26.7 Å². The van der Waals surface area contributed by atoms with Crippen LogP contribution in [0.2, 0.25) is 0 Å². The zero-order chi connectivity index (χ0) is 17.4. The van der Waals surface area contributed by atoms with E-state index in [1.54, 1.807) is 0 Å². The molecule has 24 heavy (non-hydrogen) atoms. The highest BCUT2D eigenvalue weighted by Gasteiger charge is 2.25. The number of nitrogens with zero attached hydrogens (tertiary/aromatic N) is 3. The Bertz CT molecular complexity index is 492. The number of nitrogens with one attached hydrogen (secondary N) is 2. The third-order valence-electron chi connectivity index (χ3n) is 4.92. The molecule has 5 heteroatoms. The lowest BCUT2D eigenvalue weighted by Gasteiger charge is -2.39. The highest BCUT2D eigenvalue weighted by Crippen LogP contribution is 2.20. The quantitative estimate of drug-likeness (QED) is 0.621. The molecule has 2 N–H and O–H groups in total. The second-order valence-corrected chi connectivity index (χ2v) is 7.16. The van der Waals surface area contributed by atoms with Gasteiger partial charge in [-0.2, -0.15) is 0 Å². The number of guanidine groups is 1. The fraction of sp³-hybridized carbons (Fsp3) is 0.684. The first-order chi connectivity index (χ1) is 11.6. The number of rotatable bonds is 6. The van der Waals surface area contributed by atoms with Gasteiger partial charge in [0.05, 0.1) is 12.2 Å². The Morgan fingerprint density at radius 1 is 1.29 bits per heavy atom. The standard InChI is InChI=1S/C19H33N5/c1-15(2)18(24-11-8-16(3)9-12-24)14-23-19(20-4)22-13-17-7-5-6-10-21-17/h5-7,10,15-16,18H,8-9,11-14H2,1-4H3,(H2,20,22,23). The van der Waals surface area contributed by atoms with Crippen LogP contribution in [0.3, 0.4) is 0 Å². The maximum Gasteiger partial charge on any atom is 0.191 e. The Kier molecular flexibility index (Phi) is 7.50. The molecule has 0 aliphatic carbocycles. The molecule has 134 valence electrons. The van der Waals surface area contributed by atoms with Gasteiger partial charge in [0, 0.05) is 25.8 Å². The molecule has 1 saturated heterocycles. The van der Waals surface area contributed by atoms with Gasteiger partial charge in [-0.25, -0.2) is 0 Å².